The Hall–Kier alpha value is -1.37. The van der Waals surface area contributed by atoms with Crippen LogP contribution in [0, 0.1) is 5.92 Å². The Balaban J connectivity index is 2.03. The van der Waals surface area contributed by atoms with Gasteiger partial charge >= 0.3 is 11.9 Å². The third kappa shape index (κ3) is 2.84. The lowest BCUT2D eigenvalue weighted by molar-refractivity contribution is -0.136. The van der Waals surface area contributed by atoms with Crippen molar-refractivity contribution in [1.29, 1.82) is 0 Å². The van der Waals surface area contributed by atoms with E-state index in [0.29, 0.717) is 18.0 Å². The third-order valence-corrected chi connectivity index (χ3v) is 5.10. The molecule has 2 aromatic rings. The summed E-state index contributed by atoms with van der Waals surface area (Å²) in [6.07, 6.45) is -2.35. The number of para-hydroxylation sites is 1. The minimum atomic E-state index is -4.46. The number of nitrogens with one attached hydrogen (secondary N) is 1. The first kappa shape index (κ1) is 14.6. The number of rotatable bonds is 2. The highest BCUT2D eigenvalue weighted by molar-refractivity contribution is 7.99. The number of aromatic nitrogens is 2. The zero-order valence-electron chi connectivity index (χ0n) is 11.2. The van der Waals surface area contributed by atoms with Crippen LogP contribution in [0.1, 0.15) is 18.4 Å². The molecule has 0 saturated carbocycles. The summed E-state index contributed by atoms with van der Waals surface area (Å²) in [5.74, 6) is 2.42. The highest BCUT2D eigenvalue weighted by Gasteiger charge is 2.34. The van der Waals surface area contributed by atoms with E-state index in [-0.39, 0.29) is 5.52 Å². The van der Waals surface area contributed by atoms with Crippen molar-refractivity contribution in [1.82, 2.24) is 9.55 Å². The van der Waals surface area contributed by atoms with Crippen LogP contribution in [0.5, 0.6) is 0 Å². The van der Waals surface area contributed by atoms with Gasteiger partial charge in [-0.25, -0.2) is 4.79 Å². The number of thioether (sulfide) groups is 1. The maximum absolute atomic E-state index is 13.0. The summed E-state index contributed by atoms with van der Waals surface area (Å²) < 4.78 is 40.4. The van der Waals surface area contributed by atoms with Crippen LogP contribution >= 0.6 is 11.8 Å². The second kappa shape index (κ2) is 5.44. The fourth-order valence-corrected chi connectivity index (χ4v) is 3.95. The van der Waals surface area contributed by atoms with Crippen LogP contribution < -0.4 is 5.69 Å². The molecule has 1 aromatic heterocycles. The van der Waals surface area contributed by atoms with Gasteiger partial charge < -0.3 is 4.98 Å². The number of benzene rings is 1. The molecule has 1 aromatic carbocycles. The zero-order valence-corrected chi connectivity index (χ0v) is 12.1. The number of alkyl halides is 3. The van der Waals surface area contributed by atoms with Gasteiger partial charge in [-0.3, -0.25) is 4.57 Å². The lowest BCUT2D eigenvalue weighted by Gasteiger charge is -2.21. The molecule has 0 spiro atoms. The molecule has 1 atom stereocenters. The fraction of sp³-hybridized carbons (Fsp3) is 0.500. The summed E-state index contributed by atoms with van der Waals surface area (Å²) in [5.41, 5.74) is -1.02. The second-order valence-corrected chi connectivity index (χ2v) is 6.47. The maximum Gasteiger partial charge on any atom is 0.418 e. The molecular weight excluding hydrogens is 301 g/mol. The van der Waals surface area contributed by atoms with E-state index in [0.717, 1.165) is 30.4 Å². The monoisotopic (exact) mass is 316 g/mol. The van der Waals surface area contributed by atoms with Crippen LogP contribution in [0.4, 0.5) is 13.2 Å². The number of aromatic amines is 1. The van der Waals surface area contributed by atoms with Crippen LogP contribution in [0.25, 0.3) is 11.0 Å². The van der Waals surface area contributed by atoms with Crippen LogP contribution in [-0.2, 0) is 12.7 Å². The van der Waals surface area contributed by atoms with Gasteiger partial charge in [0.2, 0.25) is 0 Å². The van der Waals surface area contributed by atoms with Gasteiger partial charge in [-0.05, 0) is 42.4 Å². The molecule has 21 heavy (non-hydrogen) atoms. The lowest BCUT2D eigenvalue weighted by atomic mass is 10.1. The van der Waals surface area contributed by atoms with Crippen molar-refractivity contribution >= 4 is 22.8 Å². The highest BCUT2D eigenvalue weighted by Crippen LogP contribution is 2.33. The van der Waals surface area contributed by atoms with Crippen molar-refractivity contribution in [2.45, 2.75) is 25.6 Å². The Morgan fingerprint density at radius 1 is 1.38 bits per heavy atom. The summed E-state index contributed by atoms with van der Waals surface area (Å²) in [4.78, 5) is 14.4. The predicted octanol–water partition coefficient (Wildman–Crippen LogP) is 3.49. The maximum atomic E-state index is 13.0. The van der Waals surface area contributed by atoms with Crippen molar-refractivity contribution in [3.63, 3.8) is 0 Å². The van der Waals surface area contributed by atoms with Gasteiger partial charge in [-0.2, -0.15) is 24.9 Å². The Morgan fingerprint density at radius 3 is 2.86 bits per heavy atom. The quantitative estimate of drug-likeness (QED) is 0.921. The molecule has 1 fully saturated rings. The molecule has 1 N–H and O–H groups in total. The first-order valence-electron chi connectivity index (χ1n) is 6.83. The molecule has 0 aliphatic carbocycles. The van der Waals surface area contributed by atoms with Crippen LogP contribution in [0.2, 0.25) is 0 Å². The summed E-state index contributed by atoms with van der Waals surface area (Å²) in [6.45, 7) is 0.479. The number of fused-ring (bicyclic) bond motifs is 1. The third-order valence-electron chi connectivity index (χ3n) is 3.81. The molecular formula is C14H15F3N2OS. The van der Waals surface area contributed by atoms with Crippen molar-refractivity contribution in [3.8, 4) is 0 Å². The molecule has 7 heteroatoms. The molecule has 1 aliphatic rings. The summed E-state index contributed by atoms with van der Waals surface area (Å²) in [5, 5.41) is 0. The Kier molecular flexibility index (Phi) is 3.77. The summed E-state index contributed by atoms with van der Waals surface area (Å²) >= 11 is 1.84. The zero-order chi connectivity index (χ0) is 15.0. The molecule has 114 valence electrons. The Labute approximate surface area is 123 Å². The lowest BCUT2D eigenvalue weighted by Crippen LogP contribution is -2.24. The van der Waals surface area contributed by atoms with E-state index < -0.39 is 17.4 Å². The average molecular weight is 316 g/mol. The number of halogens is 3. The molecule has 1 saturated heterocycles. The number of H-pyrrole nitrogens is 1. The van der Waals surface area contributed by atoms with Crippen LogP contribution in [0.3, 0.4) is 0 Å². The van der Waals surface area contributed by atoms with E-state index in [9.17, 15) is 18.0 Å². The second-order valence-electron chi connectivity index (χ2n) is 5.32. The molecule has 0 radical (unpaired) electrons. The number of hydrogen-bond donors (Lipinski definition) is 1. The minimum absolute atomic E-state index is 0.113. The van der Waals surface area contributed by atoms with Crippen LogP contribution in [0.15, 0.2) is 23.0 Å². The van der Waals surface area contributed by atoms with Gasteiger partial charge in [-0.15, -0.1) is 0 Å². The van der Waals surface area contributed by atoms with Gasteiger partial charge in [0.15, 0.2) is 0 Å². The van der Waals surface area contributed by atoms with Gasteiger partial charge in [0, 0.05) is 6.54 Å². The molecule has 0 bridgehead atoms. The first-order chi connectivity index (χ1) is 9.97. The van der Waals surface area contributed by atoms with Crippen LogP contribution in [-0.4, -0.2) is 21.1 Å². The topological polar surface area (TPSA) is 37.8 Å². The van der Waals surface area contributed by atoms with Gasteiger partial charge in [0.05, 0.1) is 16.6 Å². The standard InChI is InChI=1S/C14H15F3N2OS/c15-14(16,17)10-4-1-5-11-12(10)18-13(20)19(11)7-9-3-2-6-21-8-9/h1,4-5,9H,2-3,6-8H2,(H,18,20). The Morgan fingerprint density at radius 2 is 2.19 bits per heavy atom. The van der Waals surface area contributed by atoms with Crippen molar-refractivity contribution in [2.24, 2.45) is 5.92 Å². The normalized spacial score (nSPS) is 20.0. The molecule has 1 unspecified atom stereocenters. The van der Waals surface area contributed by atoms with E-state index in [2.05, 4.69) is 4.98 Å². The number of nitrogens with zero attached hydrogens (tertiary/aromatic N) is 1. The molecule has 1 aliphatic heterocycles. The van der Waals surface area contributed by atoms with E-state index in [1.165, 1.54) is 10.6 Å². The van der Waals surface area contributed by atoms with Crippen molar-refractivity contribution < 1.29 is 13.2 Å². The molecule has 0 amide bonds. The number of imidazole rings is 1. The van der Waals surface area contributed by atoms with Gasteiger partial charge in [-0.1, -0.05) is 6.07 Å². The van der Waals surface area contributed by atoms with Crippen molar-refractivity contribution in [3.05, 3.63) is 34.2 Å². The Bertz CT molecular complexity index is 698. The summed E-state index contributed by atoms with van der Waals surface area (Å²) in [6, 6.07) is 3.92. The number of hydrogen-bond acceptors (Lipinski definition) is 2. The average Bonchev–Trinajstić information content (AvgIpc) is 2.75. The SMILES string of the molecule is O=c1[nH]c2c(C(F)(F)F)cccc2n1CC1CCCSC1. The predicted molar refractivity (Wildman–Crippen MR) is 77.6 cm³/mol. The van der Waals surface area contributed by atoms with Gasteiger partial charge in [0.1, 0.15) is 0 Å². The first-order valence-corrected chi connectivity index (χ1v) is 7.99. The highest BCUT2D eigenvalue weighted by atomic mass is 32.2. The largest absolute Gasteiger partial charge is 0.418 e. The molecule has 3 rings (SSSR count). The summed E-state index contributed by atoms with van der Waals surface area (Å²) in [7, 11) is 0. The van der Waals surface area contributed by atoms with E-state index >= 15 is 0 Å². The fourth-order valence-electron chi connectivity index (χ4n) is 2.81. The van der Waals surface area contributed by atoms with E-state index in [4.69, 9.17) is 0 Å². The van der Waals surface area contributed by atoms with Gasteiger partial charge in [0.25, 0.3) is 0 Å². The molecule has 3 nitrogen and oxygen atoms in total. The van der Waals surface area contributed by atoms with E-state index in [1.54, 1.807) is 6.07 Å². The molecule has 2 heterocycles. The van der Waals surface area contributed by atoms with Crippen molar-refractivity contribution in [2.75, 3.05) is 11.5 Å². The smallest absolute Gasteiger partial charge is 0.305 e. The van der Waals surface area contributed by atoms with E-state index in [1.807, 2.05) is 11.8 Å². The minimum Gasteiger partial charge on any atom is -0.305 e.